The molecule has 2 fully saturated rings. The Morgan fingerprint density at radius 1 is 0.919 bits per heavy atom. The number of carbonyl (C=O) groups is 1. The average molecular weight is 843 g/mol. The number of unbranched alkanes of at least 4 members (excludes halogenated alkanes) is 2. The minimum atomic E-state index is -1.38. The third-order valence-electron chi connectivity index (χ3n) is 13.0. The maximum Gasteiger partial charge on any atom is 0.239 e. The number of aliphatic hydroxyl groups excluding tert-OH is 2. The summed E-state index contributed by atoms with van der Waals surface area (Å²) in [4.78, 5) is 22.5. The van der Waals surface area contributed by atoms with Crippen molar-refractivity contribution in [2.24, 2.45) is 28.8 Å². The number of ether oxygens (including phenoxy) is 3. The third-order valence-corrected chi connectivity index (χ3v) is 13.0. The van der Waals surface area contributed by atoms with Crippen LogP contribution in [-0.2, 0) is 20.9 Å². The van der Waals surface area contributed by atoms with Crippen LogP contribution in [0, 0.1) is 29.5 Å². The average Bonchev–Trinajstić information content (AvgIpc) is 4.15. The van der Waals surface area contributed by atoms with Crippen molar-refractivity contribution in [2.45, 2.75) is 89.0 Å². The molecule has 1 heterocycles. The van der Waals surface area contributed by atoms with Crippen LogP contribution in [0.3, 0.4) is 0 Å². The molecular weight excluding hydrogens is 784 g/mol. The van der Waals surface area contributed by atoms with E-state index in [1.54, 1.807) is 18.2 Å². The lowest BCUT2D eigenvalue weighted by Crippen LogP contribution is -2.70. The molecule has 0 spiro atoms. The summed E-state index contributed by atoms with van der Waals surface area (Å²) in [5.41, 5.74) is 5.72. The van der Waals surface area contributed by atoms with E-state index in [0.29, 0.717) is 43.1 Å². The highest BCUT2D eigenvalue weighted by Gasteiger charge is 2.66. The Labute approximate surface area is 364 Å². The van der Waals surface area contributed by atoms with Crippen molar-refractivity contribution in [1.82, 2.24) is 4.90 Å². The van der Waals surface area contributed by atoms with Gasteiger partial charge in [-0.25, -0.2) is 4.39 Å². The van der Waals surface area contributed by atoms with Gasteiger partial charge in [-0.2, -0.15) is 0 Å². The van der Waals surface area contributed by atoms with E-state index in [2.05, 4.69) is 43.0 Å². The first kappa shape index (κ1) is 43.4. The van der Waals surface area contributed by atoms with Crippen LogP contribution in [0.5, 0.6) is 17.2 Å². The van der Waals surface area contributed by atoms with Gasteiger partial charge < -0.3 is 34.2 Å². The number of oxime groups is 1. The fourth-order valence-electron chi connectivity index (χ4n) is 10.0. The lowest BCUT2D eigenvalue weighted by molar-refractivity contribution is -0.258. The fraction of sp³-hybridized carbons (Fsp3) is 0.423. The highest BCUT2D eigenvalue weighted by atomic mass is 19.1. The molecule has 2 N–H and O–H groups in total. The number of amides is 1. The second-order valence-corrected chi connectivity index (χ2v) is 17.0. The van der Waals surface area contributed by atoms with Gasteiger partial charge in [-0.15, -0.1) is 6.58 Å². The standard InChI is InChI=1S/C52H59FN2O7/c1-3-30-59-52-48(55(51(58)38-18-19-38)34-35-16-22-40(53)23-17-35)33-46(54-60-4-2)44-31-39(14-8-10-28-56)43(15-9-11-29-57)49(50(44)52)45-32-42(26-27-47(45)62-52)61-41-24-20-37(21-25-41)36-12-6-5-7-13-36/h3,5-7,12-13,16-17,20-27,31-32,38-39,43,48-50,56-57H,1,4,8-11,14-15,18-19,28-30,33-34H2,2H3/t39-,43+,48-,49+,50+,52+/m0/s1. The quantitative estimate of drug-likeness (QED) is 0.0518. The lowest BCUT2D eigenvalue weighted by atomic mass is 9.55. The summed E-state index contributed by atoms with van der Waals surface area (Å²) in [6, 6.07) is 30.0. The number of carbonyl (C=O) groups excluding carboxylic acids is 1. The van der Waals surface area contributed by atoms with Crippen LogP contribution < -0.4 is 9.47 Å². The normalized spacial score (nSPS) is 24.3. The summed E-state index contributed by atoms with van der Waals surface area (Å²) < 4.78 is 35.4. The number of benzene rings is 4. The highest BCUT2D eigenvalue weighted by Crippen LogP contribution is 2.62. The SMILES string of the molecule is C=CCO[C@@]12Oc3ccc(Oc4ccc(-c5ccccc5)cc4)cc3[C@H]3[C@H](CCCCO)[C@@H](CCCCO)C=C(C(=NOCC)C[C@@H]1N(Cc1ccc(F)cc1)C(=O)C1CC1)[C@H]32. The summed E-state index contributed by atoms with van der Waals surface area (Å²) in [5.74, 6) is -0.284. The van der Waals surface area contributed by atoms with Crippen molar-refractivity contribution in [2.75, 3.05) is 26.4 Å². The second-order valence-electron chi connectivity index (χ2n) is 17.0. The first-order valence-electron chi connectivity index (χ1n) is 22.5. The zero-order valence-electron chi connectivity index (χ0n) is 35.7. The maximum absolute atomic E-state index is 14.7. The van der Waals surface area contributed by atoms with Gasteiger partial charge in [0, 0.05) is 43.6 Å². The minimum absolute atomic E-state index is 0.00857. The molecule has 4 aromatic carbocycles. The molecule has 1 aliphatic heterocycles. The fourth-order valence-corrected chi connectivity index (χ4v) is 10.0. The van der Waals surface area contributed by atoms with Crippen LogP contribution in [0.15, 0.2) is 127 Å². The van der Waals surface area contributed by atoms with Gasteiger partial charge in [-0.3, -0.25) is 4.79 Å². The van der Waals surface area contributed by atoms with Gasteiger partial charge in [0.25, 0.3) is 0 Å². The summed E-state index contributed by atoms with van der Waals surface area (Å²) in [6.45, 7) is 6.92. The number of rotatable bonds is 20. The van der Waals surface area contributed by atoms with Crippen LogP contribution in [0.2, 0.25) is 0 Å². The molecule has 326 valence electrons. The molecule has 0 unspecified atom stereocenters. The van der Waals surface area contributed by atoms with Crippen LogP contribution in [-0.4, -0.2) is 65.0 Å². The lowest BCUT2D eigenvalue weighted by Gasteiger charge is -2.60. The van der Waals surface area contributed by atoms with E-state index < -0.39 is 17.7 Å². The van der Waals surface area contributed by atoms with Crippen LogP contribution in [0.1, 0.15) is 81.8 Å². The molecule has 4 aromatic rings. The van der Waals surface area contributed by atoms with E-state index in [-0.39, 0.29) is 61.8 Å². The number of halogens is 1. The van der Waals surface area contributed by atoms with E-state index in [4.69, 9.17) is 24.2 Å². The summed E-state index contributed by atoms with van der Waals surface area (Å²) in [7, 11) is 0. The maximum atomic E-state index is 14.7. The first-order valence-corrected chi connectivity index (χ1v) is 22.5. The van der Waals surface area contributed by atoms with E-state index in [1.165, 1.54) is 12.1 Å². The van der Waals surface area contributed by atoms with E-state index in [9.17, 15) is 19.4 Å². The predicted octanol–water partition coefficient (Wildman–Crippen LogP) is 10.4. The monoisotopic (exact) mass is 842 g/mol. The Morgan fingerprint density at radius 2 is 1.63 bits per heavy atom. The molecule has 0 aromatic heterocycles. The van der Waals surface area contributed by atoms with E-state index in [1.807, 2.05) is 54.3 Å². The molecule has 8 rings (SSSR count). The zero-order valence-corrected chi connectivity index (χ0v) is 35.7. The number of fused-ring (bicyclic) bond motifs is 2. The minimum Gasteiger partial charge on any atom is -0.459 e. The molecule has 10 heteroatoms. The van der Waals surface area contributed by atoms with Gasteiger partial charge in [0.1, 0.15) is 35.7 Å². The third kappa shape index (κ3) is 9.24. The van der Waals surface area contributed by atoms with Crippen LogP contribution in [0.25, 0.3) is 11.1 Å². The van der Waals surface area contributed by atoms with Crippen LogP contribution >= 0.6 is 0 Å². The number of hydrogen-bond acceptors (Lipinski definition) is 8. The van der Waals surface area contributed by atoms with Crippen molar-refractivity contribution in [3.8, 4) is 28.4 Å². The molecule has 3 aliphatic carbocycles. The molecule has 0 saturated heterocycles. The summed E-state index contributed by atoms with van der Waals surface area (Å²) in [5, 5.41) is 24.7. The van der Waals surface area contributed by atoms with E-state index >= 15 is 0 Å². The molecule has 1 amide bonds. The number of aliphatic hydroxyl groups is 2. The summed E-state index contributed by atoms with van der Waals surface area (Å²) >= 11 is 0. The second kappa shape index (κ2) is 19.8. The number of hydrogen-bond donors (Lipinski definition) is 2. The van der Waals surface area contributed by atoms with Crippen molar-refractivity contribution < 1.29 is 38.4 Å². The van der Waals surface area contributed by atoms with Gasteiger partial charge in [0.15, 0.2) is 0 Å². The Hall–Kier alpha value is -5.29. The van der Waals surface area contributed by atoms with Gasteiger partial charge in [0.05, 0.1) is 18.2 Å². The molecule has 0 radical (unpaired) electrons. The first-order chi connectivity index (χ1) is 30.4. The Morgan fingerprint density at radius 3 is 2.32 bits per heavy atom. The topological polar surface area (TPSA) is 110 Å². The Balaban J connectivity index is 1.29. The molecular formula is C52H59FN2O7. The van der Waals surface area contributed by atoms with Crippen molar-refractivity contribution in [3.63, 3.8) is 0 Å². The van der Waals surface area contributed by atoms with Crippen molar-refractivity contribution in [1.29, 1.82) is 0 Å². The largest absolute Gasteiger partial charge is 0.459 e. The van der Waals surface area contributed by atoms with Crippen molar-refractivity contribution >= 4 is 11.6 Å². The highest BCUT2D eigenvalue weighted by molar-refractivity contribution is 6.03. The van der Waals surface area contributed by atoms with Crippen molar-refractivity contribution in [3.05, 3.63) is 138 Å². The van der Waals surface area contributed by atoms with Gasteiger partial charge in [-0.1, -0.05) is 84.7 Å². The zero-order chi connectivity index (χ0) is 43.1. The molecule has 62 heavy (non-hydrogen) atoms. The molecule has 2 saturated carbocycles. The number of nitrogens with zero attached hydrogens (tertiary/aromatic N) is 2. The van der Waals surface area contributed by atoms with Gasteiger partial charge in [0.2, 0.25) is 11.7 Å². The van der Waals surface area contributed by atoms with Gasteiger partial charge in [-0.05, 0) is 122 Å². The van der Waals surface area contributed by atoms with Crippen LogP contribution in [0.4, 0.5) is 4.39 Å². The summed E-state index contributed by atoms with van der Waals surface area (Å²) in [6.07, 6.45) is 10.6. The predicted molar refractivity (Wildman–Crippen MR) is 238 cm³/mol. The molecule has 6 atom stereocenters. The molecule has 9 nitrogen and oxygen atoms in total. The Bertz CT molecular complexity index is 2210. The van der Waals surface area contributed by atoms with E-state index in [0.717, 1.165) is 72.1 Å². The van der Waals surface area contributed by atoms with Gasteiger partial charge >= 0.3 is 0 Å². The molecule has 0 bridgehead atoms. The number of allylic oxidation sites excluding steroid dienone is 1. The smallest absolute Gasteiger partial charge is 0.239 e. The Kier molecular flexibility index (Phi) is 13.9. The molecule has 4 aliphatic rings.